The average Bonchev–Trinajstić information content (AvgIpc) is 3.01. The van der Waals surface area contributed by atoms with Crippen molar-refractivity contribution in [3.05, 3.63) is 39.2 Å². The third kappa shape index (κ3) is 3.14. The summed E-state index contributed by atoms with van der Waals surface area (Å²) in [4.78, 5) is 40.6. The number of ether oxygens (including phenoxy) is 3. The number of carbonyl (C=O) groups is 1. The van der Waals surface area contributed by atoms with Crippen molar-refractivity contribution in [3.8, 4) is 0 Å². The van der Waals surface area contributed by atoms with Crippen molar-refractivity contribution in [2.24, 2.45) is 14.1 Å². The summed E-state index contributed by atoms with van der Waals surface area (Å²) in [5.41, 5.74) is -0.205. The monoisotopic (exact) mass is 350 g/mol. The van der Waals surface area contributed by atoms with Crippen molar-refractivity contribution >= 4 is 17.1 Å². The molecule has 1 aliphatic heterocycles. The number of esters is 1. The van der Waals surface area contributed by atoms with Crippen LogP contribution in [0.15, 0.2) is 27.9 Å². The van der Waals surface area contributed by atoms with Crippen molar-refractivity contribution < 1.29 is 19.0 Å². The number of nitrogens with zero attached hydrogens (tertiary/aromatic N) is 4. The molecule has 2 aromatic rings. The van der Waals surface area contributed by atoms with Crippen LogP contribution in [0.25, 0.3) is 11.2 Å². The van der Waals surface area contributed by atoms with Gasteiger partial charge in [0, 0.05) is 20.6 Å². The molecule has 0 aliphatic carbocycles. The van der Waals surface area contributed by atoms with E-state index in [9.17, 15) is 14.4 Å². The Labute approximate surface area is 141 Å². The van der Waals surface area contributed by atoms with E-state index in [0.717, 1.165) is 4.57 Å². The fraction of sp³-hybridized carbons (Fsp3) is 0.467. The van der Waals surface area contributed by atoms with Crippen LogP contribution >= 0.6 is 0 Å². The fourth-order valence-electron chi connectivity index (χ4n) is 2.53. The summed E-state index contributed by atoms with van der Waals surface area (Å²) in [7, 11) is 3.24. The predicted molar refractivity (Wildman–Crippen MR) is 85.8 cm³/mol. The topological polar surface area (TPSA) is 107 Å². The van der Waals surface area contributed by atoms with Crippen LogP contribution in [0, 0.1) is 0 Å². The molecule has 134 valence electrons. The van der Waals surface area contributed by atoms with Gasteiger partial charge in [-0.05, 0) is 6.42 Å². The first-order chi connectivity index (χ1) is 12.0. The first-order valence-corrected chi connectivity index (χ1v) is 7.73. The van der Waals surface area contributed by atoms with Crippen LogP contribution in [0.2, 0.25) is 0 Å². The number of rotatable bonds is 5. The van der Waals surface area contributed by atoms with Crippen LogP contribution in [0.1, 0.15) is 6.42 Å². The van der Waals surface area contributed by atoms with E-state index in [4.69, 9.17) is 14.2 Å². The van der Waals surface area contributed by atoms with E-state index in [-0.39, 0.29) is 25.5 Å². The van der Waals surface area contributed by atoms with Gasteiger partial charge in [0.25, 0.3) is 5.56 Å². The number of carbonyl (C=O) groups excluding carboxylic acids is 1. The van der Waals surface area contributed by atoms with Crippen LogP contribution < -0.4 is 11.2 Å². The Balaban J connectivity index is 1.68. The maximum absolute atomic E-state index is 12.5. The number of fused-ring (bicyclic) bond motifs is 1. The molecule has 10 heteroatoms. The summed E-state index contributed by atoms with van der Waals surface area (Å²) < 4.78 is 19.1. The molecule has 0 aromatic carbocycles. The van der Waals surface area contributed by atoms with Gasteiger partial charge in [0.05, 0.1) is 12.9 Å². The van der Waals surface area contributed by atoms with Gasteiger partial charge in [-0.1, -0.05) is 0 Å². The van der Waals surface area contributed by atoms with Gasteiger partial charge in [0.1, 0.15) is 19.5 Å². The Morgan fingerprint density at radius 1 is 1.32 bits per heavy atom. The average molecular weight is 350 g/mol. The Morgan fingerprint density at radius 2 is 2.12 bits per heavy atom. The second-order valence-corrected chi connectivity index (χ2v) is 5.52. The van der Waals surface area contributed by atoms with Crippen LogP contribution in [0.3, 0.4) is 0 Å². The fourth-order valence-corrected chi connectivity index (χ4v) is 2.53. The molecule has 0 saturated carbocycles. The largest absolute Gasteiger partial charge is 0.493 e. The van der Waals surface area contributed by atoms with Gasteiger partial charge in [-0.25, -0.2) is 14.6 Å². The Bertz CT molecular complexity index is 951. The zero-order chi connectivity index (χ0) is 18.0. The number of aryl methyl sites for hydroxylation is 2. The highest BCUT2D eigenvalue weighted by Crippen LogP contribution is 2.07. The second kappa shape index (κ2) is 6.83. The lowest BCUT2D eigenvalue weighted by atomic mass is 10.4. The molecule has 0 unspecified atom stereocenters. The predicted octanol–water partition coefficient (Wildman–Crippen LogP) is -0.745. The molecule has 25 heavy (non-hydrogen) atoms. The van der Waals surface area contributed by atoms with Gasteiger partial charge in [-0.15, -0.1) is 0 Å². The zero-order valence-electron chi connectivity index (χ0n) is 13.9. The van der Waals surface area contributed by atoms with Crippen LogP contribution in [-0.4, -0.2) is 44.5 Å². The summed E-state index contributed by atoms with van der Waals surface area (Å²) in [6, 6.07) is 0. The summed E-state index contributed by atoms with van der Waals surface area (Å²) in [6.07, 6.45) is 3.00. The molecule has 2 aromatic heterocycles. The first-order valence-electron chi connectivity index (χ1n) is 7.73. The minimum atomic E-state index is -0.637. The summed E-state index contributed by atoms with van der Waals surface area (Å²) in [6.45, 7) is 0.839. The van der Waals surface area contributed by atoms with Gasteiger partial charge in [0.2, 0.25) is 5.76 Å². The SMILES string of the molecule is Cn1cnc2c1c(=O)n(CCCOC(=O)C1=COCCO1)c(=O)n2C. The van der Waals surface area contributed by atoms with Gasteiger partial charge in [-0.2, -0.15) is 0 Å². The smallest absolute Gasteiger partial charge is 0.376 e. The second-order valence-electron chi connectivity index (χ2n) is 5.52. The molecule has 0 amide bonds. The molecule has 1 aliphatic rings. The molecule has 0 N–H and O–H groups in total. The number of imidazole rings is 1. The molecule has 3 rings (SSSR count). The highest BCUT2D eigenvalue weighted by atomic mass is 16.6. The molecule has 10 nitrogen and oxygen atoms in total. The van der Waals surface area contributed by atoms with E-state index in [1.807, 2.05) is 0 Å². The normalized spacial score (nSPS) is 13.9. The van der Waals surface area contributed by atoms with E-state index in [0.29, 0.717) is 24.2 Å². The van der Waals surface area contributed by atoms with E-state index in [1.54, 1.807) is 18.7 Å². The quantitative estimate of drug-likeness (QED) is 0.516. The van der Waals surface area contributed by atoms with Crippen LogP contribution in [0.5, 0.6) is 0 Å². The molecular weight excluding hydrogens is 332 g/mol. The van der Waals surface area contributed by atoms with Crippen LogP contribution in [-0.2, 0) is 39.6 Å². The number of aromatic nitrogens is 4. The molecule has 0 radical (unpaired) electrons. The van der Waals surface area contributed by atoms with E-state index < -0.39 is 17.2 Å². The van der Waals surface area contributed by atoms with Gasteiger partial charge < -0.3 is 18.8 Å². The van der Waals surface area contributed by atoms with Crippen molar-refractivity contribution in [2.45, 2.75) is 13.0 Å². The third-order valence-corrected chi connectivity index (χ3v) is 3.81. The molecule has 0 spiro atoms. The van der Waals surface area contributed by atoms with Gasteiger partial charge >= 0.3 is 11.7 Å². The standard InChI is InChI=1S/C15H18N4O6/c1-17-9-16-12-11(17)13(20)19(15(22)18(12)2)4-3-5-25-14(21)10-8-23-6-7-24-10/h8-9H,3-7H2,1-2H3. The minimum Gasteiger partial charge on any atom is -0.493 e. The lowest BCUT2D eigenvalue weighted by Crippen LogP contribution is -2.39. The van der Waals surface area contributed by atoms with E-state index in [2.05, 4.69) is 4.98 Å². The maximum atomic E-state index is 12.5. The molecule has 3 heterocycles. The molecule has 0 fully saturated rings. The van der Waals surface area contributed by atoms with Crippen molar-refractivity contribution in [2.75, 3.05) is 19.8 Å². The van der Waals surface area contributed by atoms with Gasteiger partial charge in [-0.3, -0.25) is 13.9 Å². The van der Waals surface area contributed by atoms with E-state index in [1.165, 1.54) is 17.2 Å². The van der Waals surface area contributed by atoms with Crippen LogP contribution in [0.4, 0.5) is 0 Å². The van der Waals surface area contributed by atoms with Gasteiger partial charge in [0.15, 0.2) is 11.2 Å². The molecular formula is C15H18N4O6. The summed E-state index contributed by atoms with van der Waals surface area (Å²) >= 11 is 0. The molecule has 0 saturated heterocycles. The number of hydrogen-bond acceptors (Lipinski definition) is 7. The van der Waals surface area contributed by atoms with Crippen molar-refractivity contribution in [3.63, 3.8) is 0 Å². The minimum absolute atomic E-state index is 0.00985. The number of hydrogen-bond donors (Lipinski definition) is 0. The molecule has 0 atom stereocenters. The van der Waals surface area contributed by atoms with Crippen molar-refractivity contribution in [1.29, 1.82) is 0 Å². The Morgan fingerprint density at radius 3 is 2.84 bits per heavy atom. The highest BCUT2D eigenvalue weighted by Gasteiger charge is 2.17. The lowest BCUT2D eigenvalue weighted by Gasteiger charge is -2.14. The van der Waals surface area contributed by atoms with Crippen molar-refractivity contribution in [1.82, 2.24) is 18.7 Å². The first kappa shape index (κ1) is 16.8. The molecule has 0 bridgehead atoms. The maximum Gasteiger partial charge on any atom is 0.376 e. The zero-order valence-corrected chi connectivity index (χ0v) is 13.9. The summed E-state index contributed by atoms with van der Waals surface area (Å²) in [5, 5.41) is 0. The Kier molecular flexibility index (Phi) is 4.59. The Hall–Kier alpha value is -3.04. The lowest BCUT2D eigenvalue weighted by molar-refractivity contribution is -0.144. The van der Waals surface area contributed by atoms with E-state index >= 15 is 0 Å². The summed E-state index contributed by atoms with van der Waals surface area (Å²) in [5.74, 6) is -0.627. The third-order valence-electron chi connectivity index (χ3n) is 3.81. The highest BCUT2D eigenvalue weighted by molar-refractivity contribution is 5.86.